The average Bonchev–Trinajstić information content (AvgIpc) is 2.73. The van der Waals surface area contributed by atoms with Crippen molar-refractivity contribution in [2.24, 2.45) is 0 Å². The molecule has 0 N–H and O–H groups in total. The number of aromatic nitrogens is 4. The third-order valence-electron chi connectivity index (χ3n) is 4.41. The van der Waals surface area contributed by atoms with Gasteiger partial charge in [0.2, 0.25) is 0 Å². The Kier molecular flexibility index (Phi) is 4.63. The molecule has 0 amide bonds. The quantitative estimate of drug-likeness (QED) is 0.499. The number of fused-ring (bicyclic) bond motifs is 1. The predicted octanol–water partition coefficient (Wildman–Crippen LogP) is 1.84. The summed E-state index contributed by atoms with van der Waals surface area (Å²) in [6.45, 7) is 0.0246. The lowest BCUT2D eigenvalue weighted by Gasteiger charge is -2.14. The van der Waals surface area contributed by atoms with Gasteiger partial charge in [0, 0.05) is 18.0 Å². The number of pyridine rings is 2. The van der Waals surface area contributed by atoms with E-state index in [0.29, 0.717) is 11.3 Å². The molecule has 0 saturated heterocycles. The number of nitrogens with zero attached hydrogens (tertiary/aromatic N) is 4. The Morgan fingerprint density at radius 2 is 1.71 bits per heavy atom. The van der Waals surface area contributed by atoms with Gasteiger partial charge in [-0.15, -0.1) is 0 Å². The molecule has 0 radical (unpaired) electrons. The van der Waals surface area contributed by atoms with Gasteiger partial charge >= 0.3 is 5.69 Å². The SMILES string of the molecule is O=C(Cn1cccc2c(=O)n(Cc3ccccn3)c(=O)nc1-2)c1ccccc1. The van der Waals surface area contributed by atoms with Crippen LogP contribution >= 0.6 is 0 Å². The van der Waals surface area contributed by atoms with Gasteiger partial charge in [0.1, 0.15) is 0 Å². The van der Waals surface area contributed by atoms with E-state index in [1.54, 1.807) is 67.0 Å². The molecule has 28 heavy (non-hydrogen) atoms. The van der Waals surface area contributed by atoms with Crippen LogP contribution in [0.15, 0.2) is 82.6 Å². The van der Waals surface area contributed by atoms with E-state index in [4.69, 9.17) is 0 Å². The minimum atomic E-state index is -0.671. The summed E-state index contributed by atoms with van der Waals surface area (Å²) in [6, 6.07) is 17.4. The molecule has 1 aromatic carbocycles. The average molecular weight is 372 g/mol. The van der Waals surface area contributed by atoms with E-state index in [-0.39, 0.29) is 30.3 Å². The van der Waals surface area contributed by atoms with E-state index >= 15 is 0 Å². The lowest BCUT2D eigenvalue weighted by atomic mass is 10.1. The van der Waals surface area contributed by atoms with Crippen LogP contribution in [-0.2, 0) is 13.1 Å². The highest BCUT2D eigenvalue weighted by atomic mass is 16.2. The number of benzene rings is 1. The van der Waals surface area contributed by atoms with Gasteiger partial charge in [-0.25, -0.2) is 4.79 Å². The number of hydrogen-bond acceptors (Lipinski definition) is 5. The smallest absolute Gasteiger partial charge is 0.324 e. The van der Waals surface area contributed by atoms with Crippen molar-refractivity contribution in [3.8, 4) is 11.4 Å². The van der Waals surface area contributed by atoms with Crippen molar-refractivity contribution in [1.29, 1.82) is 0 Å². The first kappa shape index (κ1) is 17.5. The number of hydrogen-bond donors (Lipinski definition) is 0. The Hall–Kier alpha value is -3.87. The second-order valence-electron chi connectivity index (χ2n) is 6.27. The predicted molar refractivity (Wildman–Crippen MR) is 103 cm³/mol. The summed E-state index contributed by atoms with van der Waals surface area (Å²) >= 11 is 0. The molecule has 0 bridgehead atoms. The van der Waals surface area contributed by atoms with Crippen LogP contribution < -0.4 is 11.2 Å². The third-order valence-corrected chi connectivity index (χ3v) is 4.41. The molecule has 138 valence electrons. The number of carbonyl (C=O) groups excluding carboxylic acids is 1. The number of Topliss-reactive ketones (excluding diaryl/α,β-unsaturated/α-hetero) is 1. The van der Waals surface area contributed by atoms with Gasteiger partial charge in [0.15, 0.2) is 11.6 Å². The van der Waals surface area contributed by atoms with Gasteiger partial charge in [-0.1, -0.05) is 36.4 Å². The van der Waals surface area contributed by atoms with Gasteiger partial charge in [0.05, 0.1) is 24.3 Å². The van der Waals surface area contributed by atoms with Crippen molar-refractivity contribution in [3.05, 3.63) is 105 Å². The number of ketones is 1. The van der Waals surface area contributed by atoms with Gasteiger partial charge in [-0.3, -0.25) is 19.1 Å². The van der Waals surface area contributed by atoms with E-state index in [0.717, 1.165) is 4.57 Å². The standard InChI is InChI=1S/C21H16N4O3/c26-18(15-7-2-1-3-8-15)14-24-12-6-10-17-19(24)23-21(28)25(20(17)27)13-16-9-4-5-11-22-16/h1-12H,13-14H2. The van der Waals surface area contributed by atoms with E-state index in [1.165, 1.54) is 4.57 Å². The maximum absolute atomic E-state index is 12.9. The topological polar surface area (TPSA) is 86.9 Å². The zero-order valence-corrected chi connectivity index (χ0v) is 14.9. The van der Waals surface area contributed by atoms with Crippen molar-refractivity contribution >= 4 is 5.78 Å². The summed E-state index contributed by atoms with van der Waals surface area (Å²) in [5.74, 6) is 0.0593. The van der Waals surface area contributed by atoms with E-state index in [9.17, 15) is 14.4 Å². The molecule has 7 nitrogen and oxygen atoms in total. The van der Waals surface area contributed by atoms with Crippen LogP contribution in [0.1, 0.15) is 16.1 Å². The Balaban J connectivity index is 1.74. The highest BCUT2D eigenvalue weighted by Crippen LogP contribution is 2.14. The van der Waals surface area contributed by atoms with Gasteiger partial charge in [0.25, 0.3) is 5.56 Å². The van der Waals surface area contributed by atoms with Crippen LogP contribution in [0.5, 0.6) is 0 Å². The largest absolute Gasteiger partial charge is 0.352 e. The molecule has 3 heterocycles. The molecule has 2 aliphatic rings. The van der Waals surface area contributed by atoms with Crippen LogP contribution in [0, 0.1) is 0 Å². The number of rotatable bonds is 5. The highest BCUT2D eigenvalue weighted by molar-refractivity contribution is 5.96. The van der Waals surface area contributed by atoms with Crippen molar-refractivity contribution < 1.29 is 4.79 Å². The molecule has 0 aliphatic carbocycles. The zero-order valence-electron chi connectivity index (χ0n) is 14.9. The third kappa shape index (κ3) is 3.37. The Morgan fingerprint density at radius 3 is 2.46 bits per heavy atom. The molecule has 0 saturated carbocycles. The lowest BCUT2D eigenvalue weighted by molar-refractivity contribution is 0.0972. The molecule has 1 aromatic heterocycles. The van der Waals surface area contributed by atoms with Crippen molar-refractivity contribution in [2.45, 2.75) is 13.1 Å². The first-order valence-corrected chi connectivity index (χ1v) is 8.71. The van der Waals surface area contributed by atoms with Crippen LogP contribution in [-0.4, -0.2) is 24.9 Å². The van der Waals surface area contributed by atoms with E-state index in [2.05, 4.69) is 9.97 Å². The lowest BCUT2D eigenvalue weighted by Crippen LogP contribution is -2.38. The second kappa shape index (κ2) is 7.40. The maximum Gasteiger partial charge on any atom is 0.352 e. The van der Waals surface area contributed by atoms with Gasteiger partial charge in [-0.2, -0.15) is 4.98 Å². The molecule has 0 spiro atoms. The van der Waals surface area contributed by atoms with E-state index in [1.807, 2.05) is 6.07 Å². The second-order valence-corrected chi connectivity index (χ2v) is 6.27. The molecule has 0 unspecified atom stereocenters. The summed E-state index contributed by atoms with van der Waals surface area (Å²) in [6.07, 6.45) is 3.24. The fraction of sp³-hybridized carbons (Fsp3) is 0.0952. The molecule has 7 heteroatoms. The molecule has 2 aliphatic heterocycles. The summed E-state index contributed by atoms with van der Waals surface area (Å²) in [5.41, 5.74) is 0.292. The fourth-order valence-electron chi connectivity index (χ4n) is 3.01. The molecule has 0 atom stereocenters. The van der Waals surface area contributed by atoms with Gasteiger partial charge < -0.3 is 4.57 Å². The van der Waals surface area contributed by atoms with Crippen molar-refractivity contribution in [2.75, 3.05) is 0 Å². The van der Waals surface area contributed by atoms with Crippen molar-refractivity contribution in [3.63, 3.8) is 0 Å². The molecular weight excluding hydrogens is 356 g/mol. The van der Waals surface area contributed by atoms with Gasteiger partial charge in [-0.05, 0) is 24.3 Å². The van der Waals surface area contributed by atoms with E-state index < -0.39 is 11.2 Å². The maximum atomic E-state index is 12.9. The summed E-state index contributed by atoms with van der Waals surface area (Å²) in [5, 5.41) is 0. The van der Waals surface area contributed by atoms with Crippen LogP contribution in [0.3, 0.4) is 0 Å². The zero-order chi connectivity index (χ0) is 19.5. The molecule has 4 rings (SSSR count). The fourth-order valence-corrected chi connectivity index (χ4v) is 3.01. The molecule has 0 fully saturated rings. The number of carbonyl (C=O) groups is 1. The molecule has 2 aromatic rings. The monoisotopic (exact) mass is 372 g/mol. The van der Waals surface area contributed by atoms with Crippen LogP contribution in [0.2, 0.25) is 0 Å². The Bertz CT molecular complexity index is 1210. The first-order valence-electron chi connectivity index (χ1n) is 8.71. The minimum Gasteiger partial charge on any atom is -0.324 e. The van der Waals surface area contributed by atoms with Crippen molar-refractivity contribution in [1.82, 2.24) is 19.1 Å². The summed E-state index contributed by atoms with van der Waals surface area (Å²) in [4.78, 5) is 46.1. The highest BCUT2D eigenvalue weighted by Gasteiger charge is 2.18. The minimum absolute atomic E-state index is 0.0164. The molecular formula is C21H16N4O3. The Morgan fingerprint density at radius 1 is 0.929 bits per heavy atom. The van der Waals surface area contributed by atoms with Crippen LogP contribution in [0.4, 0.5) is 0 Å². The first-order chi connectivity index (χ1) is 13.6. The van der Waals surface area contributed by atoms with Crippen LogP contribution in [0.25, 0.3) is 11.4 Å². The Labute approximate surface area is 159 Å². The summed E-state index contributed by atoms with van der Waals surface area (Å²) in [7, 11) is 0. The normalized spacial score (nSPS) is 10.9. The summed E-state index contributed by atoms with van der Waals surface area (Å²) < 4.78 is 2.58.